The number of allylic oxidation sites excluding steroid dienone is 2. The van der Waals surface area contributed by atoms with Crippen LogP contribution in [0.4, 0.5) is 11.4 Å². The second-order valence-electron chi connectivity index (χ2n) is 8.91. The van der Waals surface area contributed by atoms with Crippen molar-refractivity contribution in [3.05, 3.63) is 83.6 Å². The van der Waals surface area contributed by atoms with Gasteiger partial charge in [0.05, 0.1) is 11.4 Å². The van der Waals surface area contributed by atoms with E-state index in [-0.39, 0.29) is 5.41 Å². The fraction of sp³-hybridized carbons (Fsp3) is 0.385. The predicted molar refractivity (Wildman–Crippen MR) is 128 cm³/mol. The molecule has 5 N–H and O–H groups in total. The molecule has 0 unspecified atom stereocenters. The van der Waals surface area contributed by atoms with Gasteiger partial charge >= 0.3 is 0 Å². The van der Waals surface area contributed by atoms with Crippen LogP contribution in [0.5, 0.6) is 0 Å². The topological polar surface area (TPSA) is 64.1 Å². The fourth-order valence-corrected chi connectivity index (χ4v) is 3.29. The van der Waals surface area contributed by atoms with Gasteiger partial charge in [-0.25, -0.2) is 0 Å². The highest BCUT2D eigenvalue weighted by Crippen LogP contribution is 2.29. The number of rotatable bonds is 10. The van der Waals surface area contributed by atoms with Crippen LogP contribution in [-0.2, 0) is 18.4 Å². The molecule has 0 amide bonds. The third kappa shape index (κ3) is 7.43. The summed E-state index contributed by atoms with van der Waals surface area (Å²) in [5, 5.41) is 3.41. The standard InChI is InChI=1S/C26H37N3/c1-19(12-13-21-10-7-11-22(16-21)18-27)8-6-9-20(2)29-25-17-23(26(3,4)5)14-15-24(25)28/h7,10-11,14-17,29H,1-2,6,8-9,12-13,18,27-28H2,3-5H3. The molecular formula is C26H37N3. The summed E-state index contributed by atoms with van der Waals surface area (Å²) in [6, 6.07) is 14.7. The number of benzene rings is 2. The summed E-state index contributed by atoms with van der Waals surface area (Å²) in [5.74, 6) is 0. The number of nitrogens with one attached hydrogen (secondary N) is 1. The maximum Gasteiger partial charge on any atom is 0.0618 e. The Morgan fingerprint density at radius 3 is 2.38 bits per heavy atom. The van der Waals surface area contributed by atoms with Gasteiger partial charge in [-0.2, -0.15) is 0 Å². The Balaban J connectivity index is 1.77. The lowest BCUT2D eigenvalue weighted by Gasteiger charge is -2.21. The van der Waals surface area contributed by atoms with E-state index < -0.39 is 0 Å². The van der Waals surface area contributed by atoms with Crippen molar-refractivity contribution in [3.8, 4) is 0 Å². The van der Waals surface area contributed by atoms with Crippen LogP contribution in [0, 0.1) is 0 Å². The Hall–Kier alpha value is -2.52. The van der Waals surface area contributed by atoms with Crippen LogP contribution in [0.15, 0.2) is 66.9 Å². The monoisotopic (exact) mass is 391 g/mol. The second-order valence-corrected chi connectivity index (χ2v) is 8.91. The van der Waals surface area contributed by atoms with Gasteiger partial charge in [0.1, 0.15) is 0 Å². The maximum atomic E-state index is 6.15. The molecule has 0 radical (unpaired) electrons. The van der Waals surface area contributed by atoms with Crippen molar-refractivity contribution in [2.75, 3.05) is 11.1 Å². The molecule has 0 fully saturated rings. The van der Waals surface area contributed by atoms with Crippen molar-refractivity contribution in [3.63, 3.8) is 0 Å². The summed E-state index contributed by atoms with van der Waals surface area (Å²) < 4.78 is 0. The molecule has 0 aliphatic carbocycles. The first kappa shape index (κ1) is 22.8. The summed E-state index contributed by atoms with van der Waals surface area (Å²) in [7, 11) is 0. The lowest BCUT2D eigenvalue weighted by atomic mass is 9.86. The molecule has 3 heteroatoms. The van der Waals surface area contributed by atoms with Crippen LogP contribution in [-0.4, -0.2) is 0 Å². The minimum Gasteiger partial charge on any atom is -0.397 e. The lowest BCUT2D eigenvalue weighted by Crippen LogP contribution is -2.12. The molecular weight excluding hydrogens is 354 g/mol. The van der Waals surface area contributed by atoms with E-state index in [1.807, 2.05) is 6.07 Å². The van der Waals surface area contributed by atoms with Gasteiger partial charge in [0.25, 0.3) is 0 Å². The summed E-state index contributed by atoms with van der Waals surface area (Å²) in [6.07, 6.45) is 4.97. The first-order valence-electron chi connectivity index (χ1n) is 10.5. The van der Waals surface area contributed by atoms with Gasteiger partial charge in [-0.15, -0.1) is 0 Å². The minimum absolute atomic E-state index is 0.0902. The summed E-state index contributed by atoms with van der Waals surface area (Å²) in [4.78, 5) is 0. The highest BCUT2D eigenvalue weighted by molar-refractivity contribution is 5.69. The molecule has 2 aromatic carbocycles. The molecule has 0 saturated carbocycles. The van der Waals surface area contributed by atoms with Gasteiger partial charge in [-0.1, -0.05) is 69.8 Å². The van der Waals surface area contributed by atoms with Crippen molar-refractivity contribution in [1.29, 1.82) is 0 Å². The van der Waals surface area contributed by atoms with E-state index in [1.165, 1.54) is 22.3 Å². The van der Waals surface area contributed by atoms with Gasteiger partial charge in [-0.3, -0.25) is 0 Å². The van der Waals surface area contributed by atoms with E-state index in [1.54, 1.807) is 0 Å². The van der Waals surface area contributed by atoms with Gasteiger partial charge < -0.3 is 16.8 Å². The molecule has 0 aliphatic heterocycles. The van der Waals surface area contributed by atoms with Gasteiger partial charge in [0.2, 0.25) is 0 Å². The van der Waals surface area contributed by atoms with Gasteiger partial charge in [0, 0.05) is 12.2 Å². The first-order chi connectivity index (χ1) is 13.7. The van der Waals surface area contributed by atoms with Crippen LogP contribution in [0.1, 0.15) is 63.1 Å². The molecule has 3 nitrogen and oxygen atoms in total. The summed E-state index contributed by atoms with van der Waals surface area (Å²) >= 11 is 0. The molecule has 0 saturated heterocycles. The van der Waals surface area contributed by atoms with Crippen molar-refractivity contribution in [1.82, 2.24) is 0 Å². The van der Waals surface area contributed by atoms with E-state index in [4.69, 9.17) is 11.5 Å². The Kier molecular flexibility index (Phi) is 8.10. The van der Waals surface area contributed by atoms with E-state index in [0.29, 0.717) is 6.54 Å². The zero-order chi connectivity index (χ0) is 21.4. The van der Waals surface area contributed by atoms with Crippen LogP contribution in [0.3, 0.4) is 0 Å². The Bertz CT molecular complexity index is 843. The first-order valence-corrected chi connectivity index (χ1v) is 10.5. The van der Waals surface area contributed by atoms with Crippen LogP contribution < -0.4 is 16.8 Å². The SMILES string of the molecule is C=C(CCCC(=C)Nc1cc(C(C)(C)C)ccc1N)CCc1cccc(CN)c1. The smallest absolute Gasteiger partial charge is 0.0618 e. The molecule has 0 spiro atoms. The predicted octanol–water partition coefficient (Wildman–Crippen LogP) is 6.31. The van der Waals surface area contributed by atoms with Crippen molar-refractivity contribution in [2.45, 2.75) is 64.8 Å². The maximum absolute atomic E-state index is 6.15. The molecule has 0 aromatic heterocycles. The number of aryl methyl sites for hydroxylation is 1. The normalized spacial score (nSPS) is 11.3. The molecule has 0 heterocycles. The van der Waals surface area contributed by atoms with E-state index in [2.05, 4.69) is 75.6 Å². The highest BCUT2D eigenvalue weighted by Gasteiger charge is 2.15. The van der Waals surface area contributed by atoms with E-state index in [0.717, 1.165) is 49.2 Å². The van der Waals surface area contributed by atoms with E-state index >= 15 is 0 Å². The Labute approximate surface area is 176 Å². The van der Waals surface area contributed by atoms with E-state index in [9.17, 15) is 0 Å². The third-order valence-electron chi connectivity index (χ3n) is 5.23. The number of nitrogen functional groups attached to an aromatic ring is 1. The third-order valence-corrected chi connectivity index (χ3v) is 5.23. The average Bonchev–Trinajstić information content (AvgIpc) is 2.67. The van der Waals surface area contributed by atoms with Crippen molar-refractivity contribution >= 4 is 11.4 Å². The number of hydrogen-bond donors (Lipinski definition) is 3. The zero-order valence-electron chi connectivity index (χ0n) is 18.4. The van der Waals surface area contributed by atoms with Gasteiger partial charge in [0.15, 0.2) is 0 Å². The van der Waals surface area contributed by atoms with Crippen LogP contribution in [0.25, 0.3) is 0 Å². The number of nitrogens with two attached hydrogens (primary N) is 2. The largest absolute Gasteiger partial charge is 0.397 e. The molecule has 0 atom stereocenters. The molecule has 2 aromatic rings. The fourth-order valence-electron chi connectivity index (χ4n) is 3.29. The number of anilines is 2. The average molecular weight is 392 g/mol. The quantitative estimate of drug-likeness (QED) is 0.328. The number of hydrogen-bond acceptors (Lipinski definition) is 3. The molecule has 29 heavy (non-hydrogen) atoms. The molecule has 0 bridgehead atoms. The zero-order valence-corrected chi connectivity index (χ0v) is 18.4. The van der Waals surface area contributed by atoms with Crippen LogP contribution in [0.2, 0.25) is 0 Å². The lowest BCUT2D eigenvalue weighted by molar-refractivity contribution is 0.590. The summed E-state index contributed by atoms with van der Waals surface area (Å²) in [5.41, 5.74) is 19.7. The minimum atomic E-state index is 0.0902. The van der Waals surface area contributed by atoms with Crippen molar-refractivity contribution in [2.24, 2.45) is 5.73 Å². The molecule has 0 aliphatic rings. The summed E-state index contributed by atoms with van der Waals surface area (Å²) in [6.45, 7) is 15.6. The Morgan fingerprint density at radius 2 is 1.69 bits per heavy atom. The van der Waals surface area contributed by atoms with Gasteiger partial charge in [-0.05, 0) is 66.3 Å². The molecule has 2 rings (SSSR count). The Morgan fingerprint density at radius 1 is 0.966 bits per heavy atom. The second kappa shape index (κ2) is 10.3. The van der Waals surface area contributed by atoms with Crippen molar-refractivity contribution < 1.29 is 0 Å². The highest BCUT2D eigenvalue weighted by atomic mass is 14.9. The molecule has 156 valence electrons. The van der Waals surface area contributed by atoms with Crippen LogP contribution >= 0.6 is 0 Å².